The standard InChI is InChI=1S/C17H13Cl2FN4/c1-10-5-16(22-14-4-2-3-13(20)9-14)24-17(21-10)23-15-7-11(18)6-12(19)8-15/h2-9H,1H3,(H2,21,22,23,24). The molecule has 2 aromatic carbocycles. The maximum Gasteiger partial charge on any atom is 0.229 e. The van der Waals surface area contributed by atoms with Crippen molar-refractivity contribution < 1.29 is 4.39 Å². The average molecular weight is 363 g/mol. The first-order valence-electron chi connectivity index (χ1n) is 7.09. The second kappa shape index (κ2) is 7.03. The molecule has 0 fully saturated rings. The highest BCUT2D eigenvalue weighted by Gasteiger charge is 2.05. The molecular formula is C17H13Cl2FN4. The summed E-state index contributed by atoms with van der Waals surface area (Å²) in [4.78, 5) is 8.70. The fraction of sp³-hybridized carbons (Fsp3) is 0.0588. The van der Waals surface area contributed by atoms with E-state index in [0.717, 1.165) is 5.69 Å². The fourth-order valence-electron chi connectivity index (χ4n) is 2.16. The van der Waals surface area contributed by atoms with E-state index in [1.165, 1.54) is 12.1 Å². The highest BCUT2D eigenvalue weighted by molar-refractivity contribution is 6.35. The van der Waals surface area contributed by atoms with Gasteiger partial charge in [-0.1, -0.05) is 29.3 Å². The third-order valence-electron chi connectivity index (χ3n) is 3.07. The predicted octanol–water partition coefficient (Wildman–Crippen LogP) is 5.72. The number of aromatic nitrogens is 2. The zero-order chi connectivity index (χ0) is 17.1. The summed E-state index contributed by atoms with van der Waals surface area (Å²) in [5.41, 5.74) is 2.03. The summed E-state index contributed by atoms with van der Waals surface area (Å²) in [6.07, 6.45) is 0. The van der Waals surface area contributed by atoms with E-state index in [1.807, 2.05) is 6.92 Å². The predicted molar refractivity (Wildman–Crippen MR) is 96.2 cm³/mol. The van der Waals surface area contributed by atoms with E-state index >= 15 is 0 Å². The molecule has 0 atom stereocenters. The number of benzene rings is 2. The van der Waals surface area contributed by atoms with Crippen LogP contribution in [0.15, 0.2) is 48.5 Å². The van der Waals surface area contributed by atoms with Crippen LogP contribution in [0.1, 0.15) is 5.69 Å². The summed E-state index contributed by atoms with van der Waals surface area (Å²) < 4.78 is 13.3. The lowest BCUT2D eigenvalue weighted by atomic mass is 10.3. The number of aryl methyl sites for hydroxylation is 1. The molecule has 2 N–H and O–H groups in total. The first-order valence-corrected chi connectivity index (χ1v) is 7.85. The summed E-state index contributed by atoms with van der Waals surface area (Å²) >= 11 is 12.0. The Labute approximate surface area is 148 Å². The molecule has 3 aromatic rings. The molecule has 0 aliphatic carbocycles. The van der Waals surface area contributed by atoms with Gasteiger partial charge < -0.3 is 10.6 Å². The topological polar surface area (TPSA) is 49.8 Å². The number of rotatable bonds is 4. The molecule has 0 unspecified atom stereocenters. The first kappa shape index (κ1) is 16.5. The van der Waals surface area contributed by atoms with Gasteiger partial charge in [-0.25, -0.2) is 9.37 Å². The Morgan fingerprint density at radius 2 is 1.62 bits per heavy atom. The fourth-order valence-corrected chi connectivity index (χ4v) is 2.68. The second-order valence-corrected chi connectivity index (χ2v) is 6.01. The van der Waals surface area contributed by atoms with Crippen molar-refractivity contribution in [3.63, 3.8) is 0 Å². The maximum atomic E-state index is 13.3. The van der Waals surface area contributed by atoms with Gasteiger partial charge in [0.1, 0.15) is 11.6 Å². The van der Waals surface area contributed by atoms with E-state index in [0.29, 0.717) is 33.2 Å². The van der Waals surface area contributed by atoms with Gasteiger partial charge in [0.25, 0.3) is 0 Å². The second-order valence-electron chi connectivity index (χ2n) is 5.14. The normalized spacial score (nSPS) is 10.5. The molecule has 1 aromatic heterocycles. The van der Waals surface area contributed by atoms with E-state index in [9.17, 15) is 4.39 Å². The number of halogens is 3. The summed E-state index contributed by atoms with van der Waals surface area (Å²) in [5, 5.41) is 7.13. The van der Waals surface area contributed by atoms with Crippen LogP contribution in [0.5, 0.6) is 0 Å². The van der Waals surface area contributed by atoms with Gasteiger partial charge in [0.05, 0.1) is 0 Å². The number of hydrogen-bond donors (Lipinski definition) is 2. The van der Waals surface area contributed by atoms with Crippen molar-refractivity contribution in [1.29, 1.82) is 0 Å². The van der Waals surface area contributed by atoms with Gasteiger partial charge >= 0.3 is 0 Å². The van der Waals surface area contributed by atoms with Crippen molar-refractivity contribution >= 4 is 46.3 Å². The molecule has 24 heavy (non-hydrogen) atoms. The van der Waals surface area contributed by atoms with Crippen molar-refractivity contribution in [2.45, 2.75) is 6.92 Å². The molecule has 0 saturated heterocycles. The Balaban J connectivity index is 1.85. The van der Waals surface area contributed by atoms with Gasteiger partial charge in [-0.15, -0.1) is 0 Å². The van der Waals surface area contributed by atoms with Crippen LogP contribution in [0.4, 0.5) is 27.5 Å². The minimum atomic E-state index is -0.322. The number of nitrogens with zero attached hydrogens (tertiary/aromatic N) is 2. The van der Waals surface area contributed by atoms with E-state index in [2.05, 4.69) is 20.6 Å². The van der Waals surface area contributed by atoms with Crippen LogP contribution >= 0.6 is 23.2 Å². The highest BCUT2D eigenvalue weighted by Crippen LogP contribution is 2.25. The minimum absolute atomic E-state index is 0.322. The summed E-state index contributed by atoms with van der Waals surface area (Å²) in [6, 6.07) is 13.0. The van der Waals surface area contributed by atoms with Crippen molar-refractivity contribution in [2.75, 3.05) is 10.6 Å². The van der Waals surface area contributed by atoms with Crippen molar-refractivity contribution in [2.24, 2.45) is 0 Å². The van der Waals surface area contributed by atoms with Gasteiger partial charge in [0, 0.05) is 33.2 Å². The first-order chi connectivity index (χ1) is 11.5. The molecule has 0 amide bonds. The van der Waals surface area contributed by atoms with Gasteiger partial charge in [-0.2, -0.15) is 4.98 Å². The Morgan fingerprint density at radius 1 is 0.875 bits per heavy atom. The maximum absolute atomic E-state index is 13.3. The number of nitrogens with one attached hydrogen (secondary N) is 2. The van der Waals surface area contributed by atoms with Crippen molar-refractivity contribution in [3.8, 4) is 0 Å². The van der Waals surface area contributed by atoms with E-state index in [1.54, 1.807) is 36.4 Å². The zero-order valence-corrected chi connectivity index (χ0v) is 14.2. The molecule has 3 rings (SSSR count). The molecule has 4 nitrogen and oxygen atoms in total. The average Bonchev–Trinajstić information content (AvgIpc) is 2.45. The molecule has 0 aliphatic heterocycles. The molecule has 0 spiro atoms. The largest absolute Gasteiger partial charge is 0.340 e. The smallest absolute Gasteiger partial charge is 0.229 e. The van der Waals surface area contributed by atoms with Crippen LogP contribution in [-0.2, 0) is 0 Å². The monoisotopic (exact) mass is 362 g/mol. The molecular weight excluding hydrogens is 350 g/mol. The molecule has 122 valence electrons. The Bertz CT molecular complexity index is 866. The van der Waals surface area contributed by atoms with E-state index in [4.69, 9.17) is 23.2 Å². The lowest BCUT2D eigenvalue weighted by Crippen LogP contribution is -2.02. The number of anilines is 4. The van der Waals surface area contributed by atoms with Gasteiger partial charge in [-0.3, -0.25) is 0 Å². The SMILES string of the molecule is Cc1cc(Nc2cccc(F)c2)nc(Nc2cc(Cl)cc(Cl)c2)n1. The quantitative estimate of drug-likeness (QED) is 0.623. The Hall–Kier alpha value is -2.37. The van der Waals surface area contributed by atoms with Crippen LogP contribution in [0.3, 0.4) is 0 Å². The van der Waals surface area contributed by atoms with Crippen LogP contribution < -0.4 is 10.6 Å². The van der Waals surface area contributed by atoms with Crippen molar-refractivity contribution in [3.05, 3.63) is 70.1 Å². The highest BCUT2D eigenvalue weighted by atomic mass is 35.5. The summed E-state index contributed by atoms with van der Waals surface area (Å²) in [5.74, 6) is 0.605. The van der Waals surface area contributed by atoms with Crippen LogP contribution in [0, 0.1) is 12.7 Å². The summed E-state index contributed by atoms with van der Waals surface area (Å²) in [7, 11) is 0. The minimum Gasteiger partial charge on any atom is -0.340 e. The zero-order valence-electron chi connectivity index (χ0n) is 12.6. The van der Waals surface area contributed by atoms with Gasteiger partial charge in [0.2, 0.25) is 5.95 Å². The molecule has 0 bridgehead atoms. The van der Waals surface area contributed by atoms with E-state index < -0.39 is 0 Å². The van der Waals surface area contributed by atoms with Crippen LogP contribution in [0.25, 0.3) is 0 Å². The Morgan fingerprint density at radius 3 is 2.33 bits per heavy atom. The van der Waals surface area contributed by atoms with Crippen molar-refractivity contribution in [1.82, 2.24) is 9.97 Å². The lowest BCUT2D eigenvalue weighted by molar-refractivity contribution is 0.628. The molecule has 7 heteroatoms. The van der Waals surface area contributed by atoms with Gasteiger partial charge in [0.15, 0.2) is 0 Å². The Kier molecular flexibility index (Phi) is 4.83. The van der Waals surface area contributed by atoms with Crippen LogP contribution in [0.2, 0.25) is 10.0 Å². The third kappa shape index (κ3) is 4.34. The lowest BCUT2D eigenvalue weighted by Gasteiger charge is -2.10. The summed E-state index contributed by atoms with van der Waals surface area (Å²) in [6.45, 7) is 1.84. The van der Waals surface area contributed by atoms with E-state index in [-0.39, 0.29) is 5.82 Å². The molecule has 0 saturated carbocycles. The molecule has 0 aliphatic rings. The molecule has 1 heterocycles. The number of hydrogen-bond acceptors (Lipinski definition) is 4. The molecule has 0 radical (unpaired) electrons. The van der Waals surface area contributed by atoms with Crippen LogP contribution in [-0.4, -0.2) is 9.97 Å². The van der Waals surface area contributed by atoms with Gasteiger partial charge in [-0.05, 0) is 43.3 Å². The third-order valence-corrected chi connectivity index (χ3v) is 3.51.